The number of aliphatic hydroxyl groups excluding tert-OH is 2. The van der Waals surface area contributed by atoms with Crippen LogP contribution in [-0.4, -0.2) is 60.0 Å². The highest BCUT2D eigenvalue weighted by Gasteiger charge is 2.19. The first-order chi connectivity index (χ1) is 10.3. The van der Waals surface area contributed by atoms with Gasteiger partial charge in [-0.05, 0) is 18.4 Å². The zero-order valence-electron chi connectivity index (χ0n) is 12.5. The molecule has 1 fully saturated rings. The normalized spacial score (nSPS) is 19.1. The second kappa shape index (κ2) is 8.95. The van der Waals surface area contributed by atoms with E-state index in [0.717, 1.165) is 39.0 Å². The summed E-state index contributed by atoms with van der Waals surface area (Å²) in [4.78, 5) is 2.31. The summed E-state index contributed by atoms with van der Waals surface area (Å²) in [7, 11) is 0. The monoisotopic (exact) mass is 290 g/mol. The molecule has 1 unspecified atom stereocenters. The molecule has 2 rings (SSSR count). The van der Waals surface area contributed by atoms with Crippen LogP contribution in [0.5, 0.6) is 0 Å². The van der Waals surface area contributed by atoms with Gasteiger partial charge in [0.05, 0.1) is 12.7 Å². The molecule has 0 spiro atoms. The molecule has 0 saturated carbocycles. The summed E-state index contributed by atoms with van der Waals surface area (Å²) in [6.07, 6.45) is 5.70. The molecule has 4 heteroatoms. The fourth-order valence-corrected chi connectivity index (χ4v) is 2.59. The molecule has 116 valence electrons. The van der Waals surface area contributed by atoms with E-state index in [4.69, 9.17) is 0 Å². The van der Waals surface area contributed by atoms with Crippen molar-refractivity contribution in [2.24, 2.45) is 0 Å². The van der Waals surface area contributed by atoms with Gasteiger partial charge in [0.25, 0.3) is 0 Å². The number of hydrogen-bond donors (Lipinski definition) is 3. The molecular weight excluding hydrogens is 264 g/mol. The summed E-state index contributed by atoms with van der Waals surface area (Å²) in [5, 5.41) is 22.3. The lowest BCUT2D eigenvalue weighted by atomic mass is 10.1. The lowest BCUT2D eigenvalue weighted by Crippen LogP contribution is -2.46. The van der Waals surface area contributed by atoms with Gasteiger partial charge in [-0.3, -0.25) is 0 Å². The number of nitrogens with one attached hydrogen (secondary N) is 1. The lowest BCUT2D eigenvalue weighted by molar-refractivity contribution is 0.0729. The van der Waals surface area contributed by atoms with Crippen molar-refractivity contribution in [3.63, 3.8) is 0 Å². The van der Waals surface area contributed by atoms with Gasteiger partial charge in [0.2, 0.25) is 0 Å². The van der Waals surface area contributed by atoms with Crippen molar-refractivity contribution in [3.8, 4) is 0 Å². The van der Waals surface area contributed by atoms with E-state index in [0.29, 0.717) is 0 Å². The molecule has 0 aromatic heterocycles. The van der Waals surface area contributed by atoms with Gasteiger partial charge in [0.1, 0.15) is 0 Å². The highest BCUT2D eigenvalue weighted by atomic mass is 16.3. The van der Waals surface area contributed by atoms with Crippen molar-refractivity contribution in [1.29, 1.82) is 0 Å². The smallest absolute Gasteiger partial charge is 0.0597 e. The average molecular weight is 290 g/mol. The number of nitrogens with zero attached hydrogens (tertiary/aromatic N) is 1. The zero-order chi connectivity index (χ0) is 14.9. The number of rotatable bonds is 7. The molecule has 0 aliphatic carbocycles. The third-order valence-electron chi connectivity index (χ3n) is 3.89. The summed E-state index contributed by atoms with van der Waals surface area (Å²) >= 11 is 0. The van der Waals surface area contributed by atoms with Gasteiger partial charge >= 0.3 is 0 Å². The molecule has 21 heavy (non-hydrogen) atoms. The van der Waals surface area contributed by atoms with Crippen LogP contribution in [0.15, 0.2) is 36.4 Å². The van der Waals surface area contributed by atoms with Crippen LogP contribution in [0, 0.1) is 0 Å². The molecule has 1 aromatic carbocycles. The van der Waals surface area contributed by atoms with Crippen LogP contribution < -0.4 is 5.32 Å². The summed E-state index contributed by atoms with van der Waals surface area (Å²) in [6.45, 7) is 3.55. The standard InChI is InChI=1S/C17H26N2O2/c20-14-16(13-19-11-8-17(21)9-12-19)18-10-4-7-15-5-2-1-3-6-15/h1-7,16-18,20-21H,8-14H2. The predicted octanol–water partition coefficient (Wildman–Crippen LogP) is 1.11. The first-order valence-electron chi connectivity index (χ1n) is 7.74. The number of aliphatic hydroxyl groups is 2. The maximum Gasteiger partial charge on any atom is 0.0597 e. The Morgan fingerprint density at radius 1 is 1.24 bits per heavy atom. The van der Waals surface area contributed by atoms with Crippen LogP contribution in [0.4, 0.5) is 0 Å². The van der Waals surface area contributed by atoms with Gasteiger partial charge in [-0.15, -0.1) is 0 Å². The summed E-state index contributed by atoms with van der Waals surface area (Å²) in [5.41, 5.74) is 1.19. The SMILES string of the molecule is OCC(CN1CCC(O)CC1)NCC=Cc1ccccc1. The van der Waals surface area contributed by atoms with Crippen molar-refractivity contribution >= 4 is 6.08 Å². The molecule has 1 aliphatic rings. The highest BCUT2D eigenvalue weighted by Crippen LogP contribution is 2.10. The molecule has 1 aromatic rings. The second-order valence-corrected chi connectivity index (χ2v) is 5.63. The van der Waals surface area contributed by atoms with E-state index in [1.54, 1.807) is 0 Å². The number of piperidine rings is 1. The van der Waals surface area contributed by atoms with E-state index >= 15 is 0 Å². The van der Waals surface area contributed by atoms with Crippen molar-refractivity contribution < 1.29 is 10.2 Å². The minimum Gasteiger partial charge on any atom is -0.395 e. The molecule has 1 aliphatic heterocycles. The molecule has 3 N–H and O–H groups in total. The lowest BCUT2D eigenvalue weighted by Gasteiger charge is -2.32. The maximum absolute atomic E-state index is 9.50. The minimum atomic E-state index is -0.143. The van der Waals surface area contributed by atoms with Crippen LogP contribution in [0.1, 0.15) is 18.4 Å². The van der Waals surface area contributed by atoms with E-state index in [1.807, 2.05) is 18.2 Å². The van der Waals surface area contributed by atoms with Crippen LogP contribution in [0.3, 0.4) is 0 Å². The van der Waals surface area contributed by atoms with Gasteiger partial charge in [-0.25, -0.2) is 0 Å². The van der Waals surface area contributed by atoms with E-state index in [2.05, 4.69) is 34.5 Å². The fourth-order valence-electron chi connectivity index (χ4n) is 2.59. The number of hydrogen-bond acceptors (Lipinski definition) is 4. The Balaban J connectivity index is 1.69. The second-order valence-electron chi connectivity index (χ2n) is 5.63. The van der Waals surface area contributed by atoms with Crippen molar-refractivity contribution in [2.75, 3.05) is 32.8 Å². The van der Waals surface area contributed by atoms with Crippen molar-refractivity contribution in [1.82, 2.24) is 10.2 Å². The number of benzene rings is 1. The van der Waals surface area contributed by atoms with Gasteiger partial charge < -0.3 is 20.4 Å². The molecule has 0 bridgehead atoms. The van der Waals surface area contributed by atoms with Crippen LogP contribution in [0.2, 0.25) is 0 Å². The Kier molecular flexibility index (Phi) is 6.89. The largest absolute Gasteiger partial charge is 0.395 e. The summed E-state index contributed by atoms with van der Waals surface area (Å²) in [6, 6.07) is 10.3. The maximum atomic E-state index is 9.50. The van der Waals surface area contributed by atoms with E-state index in [-0.39, 0.29) is 18.8 Å². The number of likely N-dealkylation sites (tertiary alicyclic amines) is 1. The van der Waals surface area contributed by atoms with Gasteiger partial charge in [-0.2, -0.15) is 0 Å². The molecule has 4 nitrogen and oxygen atoms in total. The van der Waals surface area contributed by atoms with E-state index in [1.165, 1.54) is 5.56 Å². The Hall–Kier alpha value is -1.20. The average Bonchev–Trinajstić information content (AvgIpc) is 2.53. The quantitative estimate of drug-likeness (QED) is 0.704. The molecule has 0 amide bonds. The van der Waals surface area contributed by atoms with Crippen LogP contribution in [-0.2, 0) is 0 Å². The molecule has 1 heterocycles. The van der Waals surface area contributed by atoms with Crippen LogP contribution >= 0.6 is 0 Å². The van der Waals surface area contributed by atoms with Gasteiger partial charge in [0.15, 0.2) is 0 Å². The van der Waals surface area contributed by atoms with Crippen molar-refractivity contribution in [2.45, 2.75) is 25.0 Å². The Morgan fingerprint density at radius 3 is 2.62 bits per heavy atom. The zero-order valence-corrected chi connectivity index (χ0v) is 12.5. The highest BCUT2D eigenvalue weighted by molar-refractivity contribution is 5.48. The Morgan fingerprint density at radius 2 is 1.95 bits per heavy atom. The molecule has 0 radical (unpaired) electrons. The topological polar surface area (TPSA) is 55.7 Å². The van der Waals surface area contributed by atoms with Crippen molar-refractivity contribution in [3.05, 3.63) is 42.0 Å². The van der Waals surface area contributed by atoms with Gasteiger partial charge in [0, 0.05) is 32.2 Å². The Bertz CT molecular complexity index is 414. The summed E-state index contributed by atoms with van der Waals surface area (Å²) < 4.78 is 0. The molecule has 1 atom stereocenters. The molecule has 1 saturated heterocycles. The first kappa shape index (κ1) is 16.2. The predicted molar refractivity (Wildman–Crippen MR) is 86.0 cm³/mol. The summed E-state index contributed by atoms with van der Waals surface area (Å²) in [5.74, 6) is 0. The molecular formula is C17H26N2O2. The fraction of sp³-hybridized carbons (Fsp3) is 0.529. The van der Waals surface area contributed by atoms with E-state index < -0.39 is 0 Å². The first-order valence-corrected chi connectivity index (χ1v) is 7.74. The van der Waals surface area contributed by atoms with Gasteiger partial charge in [-0.1, -0.05) is 42.5 Å². The Labute approximate surface area is 127 Å². The third kappa shape index (κ3) is 5.98. The van der Waals surface area contributed by atoms with E-state index in [9.17, 15) is 10.2 Å². The minimum absolute atomic E-state index is 0.0840. The third-order valence-corrected chi connectivity index (χ3v) is 3.89. The van der Waals surface area contributed by atoms with Crippen LogP contribution in [0.25, 0.3) is 6.08 Å².